The topological polar surface area (TPSA) is 70.6 Å². The predicted octanol–water partition coefficient (Wildman–Crippen LogP) is 5.63. The lowest BCUT2D eigenvalue weighted by atomic mass is 9.94. The molecule has 2 aliphatic rings. The van der Waals surface area contributed by atoms with Crippen LogP contribution in [0.2, 0.25) is 0 Å². The van der Waals surface area contributed by atoms with E-state index in [1.807, 2.05) is 38.2 Å². The Hall–Kier alpha value is -2.55. The van der Waals surface area contributed by atoms with E-state index < -0.39 is 0 Å². The van der Waals surface area contributed by atoms with E-state index in [0.717, 1.165) is 77.9 Å². The molecule has 7 nitrogen and oxygen atoms in total. The number of benzene rings is 1. The van der Waals surface area contributed by atoms with Crippen LogP contribution < -0.4 is 10.2 Å². The van der Waals surface area contributed by atoms with Crippen molar-refractivity contribution < 1.29 is 9.53 Å². The number of aromatic nitrogens is 2. The number of fused-ring (bicyclic) bond motifs is 1. The number of amides is 1. The maximum absolute atomic E-state index is 12.6. The molecule has 2 saturated heterocycles. The highest BCUT2D eigenvalue weighted by molar-refractivity contribution is 7.23. The van der Waals surface area contributed by atoms with Crippen LogP contribution in [-0.4, -0.2) is 59.8 Å². The van der Waals surface area contributed by atoms with Crippen molar-refractivity contribution in [3.63, 3.8) is 0 Å². The van der Waals surface area contributed by atoms with E-state index in [1.54, 1.807) is 0 Å². The summed E-state index contributed by atoms with van der Waals surface area (Å²) in [7, 11) is 0. The van der Waals surface area contributed by atoms with Gasteiger partial charge in [-0.15, -0.1) is 0 Å². The van der Waals surface area contributed by atoms with Gasteiger partial charge in [-0.05, 0) is 38.2 Å². The van der Waals surface area contributed by atoms with E-state index in [9.17, 15) is 4.79 Å². The van der Waals surface area contributed by atoms with Gasteiger partial charge in [-0.1, -0.05) is 55.5 Å². The normalized spacial score (nSPS) is 18.3. The van der Waals surface area contributed by atoms with Crippen LogP contribution in [-0.2, 0) is 9.53 Å². The predicted molar refractivity (Wildman–Crippen MR) is 147 cm³/mol. The smallest absolute Gasteiger partial charge is 0.227 e. The lowest BCUT2D eigenvalue weighted by molar-refractivity contribution is -0.118. The van der Waals surface area contributed by atoms with Gasteiger partial charge in [-0.3, -0.25) is 9.69 Å². The highest BCUT2D eigenvalue weighted by atomic mass is 32.1. The Balaban J connectivity index is 1.37. The number of carbonyl (C=O) groups is 1. The first kappa shape index (κ1) is 25.1. The van der Waals surface area contributed by atoms with E-state index in [0.29, 0.717) is 5.92 Å². The second-order valence-corrected chi connectivity index (χ2v) is 11.1. The molecule has 2 aliphatic heterocycles. The zero-order valence-corrected chi connectivity index (χ0v) is 22.4. The van der Waals surface area contributed by atoms with Gasteiger partial charge < -0.3 is 15.0 Å². The van der Waals surface area contributed by atoms with Gasteiger partial charge in [0.25, 0.3) is 0 Å². The molecule has 192 valence electrons. The number of likely N-dealkylation sites (tertiary alicyclic amines) is 1. The molecule has 1 amide bonds. The quantitative estimate of drug-likeness (QED) is 0.426. The molecule has 1 aromatic carbocycles. The van der Waals surface area contributed by atoms with Crippen molar-refractivity contribution in [2.45, 2.75) is 52.7 Å². The molecule has 1 atom stereocenters. The molecule has 8 heteroatoms. The van der Waals surface area contributed by atoms with Crippen LogP contribution in [0.5, 0.6) is 0 Å². The number of carbonyl (C=O) groups excluding carboxylic acids is 1. The average molecular weight is 508 g/mol. The lowest BCUT2D eigenvalue weighted by Gasteiger charge is -2.39. The Bertz CT molecular complexity index is 1170. The van der Waals surface area contributed by atoms with Crippen LogP contribution >= 0.6 is 11.3 Å². The number of nitrogens with zero attached hydrogens (tertiary/aromatic N) is 4. The zero-order chi connectivity index (χ0) is 25.1. The molecule has 2 aromatic heterocycles. The molecule has 5 rings (SSSR count). The summed E-state index contributed by atoms with van der Waals surface area (Å²) in [5, 5.41) is 4.95. The Morgan fingerprint density at radius 3 is 2.53 bits per heavy atom. The number of anilines is 2. The van der Waals surface area contributed by atoms with Crippen molar-refractivity contribution >= 4 is 38.4 Å². The van der Waals surface area contributed by atoms with Crippen LogP contribution in [0.1, 0.15) is 46.5 Å². The van der Waals surface area contributed by atoms with Crippen LogP contribution in [0.25, 0.3) is 21.3 Å². The fraction of sp³-hybridized carbons (Fsp3) is 0.536. The maximum Gasteiger partial charge on any atom is 0.227 e. The average Bonchev–Trinajstić information content (AvgIpc) is 3.55. The third-order valence-corrected chi connectivity index (χ3v) is 8.34. The van der Waals surface area contributed by atoms with Gasteiger partial charge in [-0.25, -0.2) is 9.97 Å². The number of rotatable bonds is 8. The summed E-state index contributed by atoms with van der Waals surface area (Å²) in [6.07, 6.45) is 6.89. The molecule has 0 radical (unpaired) electrons. The van der Waals surface area contributed by atoms with E-state index in [4.69, 9.17) is 14.7 Å². The first-order chi connectivity index (χ1) is 17.5. The standard InChI is InChI=1S/C28H37N5O2S/c1-4-35-27(32-14-8-9-15-32)21-12-16-33(17-13-21)28-29-18-22-23(20-10-6-5-7-11-20)26(36-25(22)31-28)30-24(34)19(2)3/h5-7,10-11,18-19,21,27H,4,8-9,12-17H2,1-3H3,(H,30,34). The second-order valence-electron chi connectivity index (χ2n) is 10.1. The molecule has 0 spiro atoms. The minimum atomic E-state index is -0.0946. The Kier molecular flexibility index (Phi) is 7.84. The van der Waals surface area contributed by atoms with Crippen molar-refractivity contribution in [3.05, 3.63) is 36.5 Å². The minimum Gasteiger partial charge on any atom is -0.363 e. The van der Waals surface area contributed by atoms with Crippen molar-refractivity contribution in [2.75, 3.05) is 43.0 Å². The number of piperidine rings is 1. The van der Waals surface area contributed by atoms with E-state index >= 15 is 0 Å². The Labute approximate surface area is 217 Å². The summed E-state index contributed by atoms with van der Waals surface area (Å²) >= 11 is 1.54. The molecule has 4 heterocycles. The number of hydrogen-bond acceptors (Lipinski definition) is 7. The number of hydrogen-bond donors (Lipinski definition) is 1. The first-order valence-corrected chi connectivity index (χ1v) is 14.1. The highest BCUT2D eigenvalue weighted by Crippen LogP contribution is 2.42. The van der Waals surface area contributed by atoms with Gasteiger partial charge in [0, 0.05) is 61.8 Å². The van der Waals surface area contributed by atoms with Crippen molar-refractivity contribution in [3.8, 4) is 11.1 Å². The third-order valence-electron chi connectivity index (χ3n) is 7.32. The summed E-state index contributed by atoms with van der Waals surface area (Å²) < 4.78 is 6.21. The van der Waals surface area contributed by atoms with E-state index in [2.05, 4.69) is 34.2 Å². The molecule has 1 N–H and O–H groups in total. The number of thiophene rings is 1. The van der Waals surface area contributed by atoms with Crippen LogP contribution in [0, 0.1) is 11.8 Å². The highest BCUT2D eigenvalue weighted by Gasteiger charge is 2.33. The molecule has 1 unspecified atom stereocenters. The molecular formula is C28H37N5O2S. The van der Waals surface area contributed by atoms with Crippen LogP contribution in [0.3, 0.4) is 0 Å². The zero-order valence-electron chi connectivity index (χ0n) is 21.6. The number of ether oxygens (including phenoxy) is 1. The van der Waals surface area contributed by atoms with E-state index in [1.165, 1.54) is 24.2 Å². The van der Waals surface area contributed by atoms with Crippen molar-refractivity contribution in [1.29, 1.82) is 0 Å². The Morgan fingerprint density at radius 1 is 1.14 bits per heavy atom. The summed E-state index contributed by atoms with van der Waals surface area (Å²) in [6, 6.07) is 10.2. The van der Waals surface area contributed by atoms with Gasteiger partial charge in [0.2, 0.25) is 11.9 Å². The Morgan fingerprint density at radius 2 is 1.86 bits per heavy atom. The first-order valence-electron chi connectivity index (χ1n) is 13.3. The summed E-state index contributed by atoms with van der Waals surface area (Å²) in [5.74, 6) is 1.24. The second kappa shape index (κ2) is 11.2. The molecule has 2 fully saturated rings. The van der Waals surface area contributed by atoms with Crippen LogP contribution in [0.4, 0.5) is 10.9 Å². The van der Waals surface area contributed by atoms with Crippen LogP contribution in [0.15, 0.2) is 36.5 Å². The molecule has 0 aliphatic carbocycles. The lowest BCUT2D eigenvalue weighted by Crippen LogP contribution is -2.46. The molecule has 0 saturated carbocycles. The van der Waals surface area contributed by atoms with Gasteiger partial charge in [0.15, 0.2) is 0 Å². The third kappa shape index (κ3) is 5.26. The van der Waals surface area contributed by atoms with Gasteiger partial charge in [-0.2, -0.15) is 0 Å². The summed E-state index contributed by atoms with van der Waals surface area (Å²) in [5.41, 5.74) is 2.06. The monoisotopic (exact) mass is 507 g/mol. The fourth-order valence-electron chi connectivity index (χ4n) is 5.36. The molecule has 0 bridgehead atoms. The maximum atomic E-state index is 12.6. The van der Waals surface area contributed by atoms with Gasteiger partial charge >= 0.3 is 0 Å². The number of nitrogens with one attached hydrogen (secondary N) is 1. The molecule has 3 aromatic rings. The van der Waals surface area contributed by atoms with Gasteiger partial charge in [0.1, 0.15) is 16.1 Å². The van der Waals surface area contributed by atoms with Crippen molar-refractivity contribution in [2.24, 2.45) is 11.8 Å². The molecular weight excluding hydrogens is 470 g/mol. The van der Waals surface area contributed by atoms with Crippen molar-refractivity contribution in [1.82, 2.24) is 14.9 Å². The fourth-order valence-corrected chi connectivity index (χ4v) is 6.42. The minimum absolute atomic E-state index is 0.0100. The van der Waals surface area contributed by atoms with E-state index in [-0.39, 0.29) is 18.1 Å². The van der Waals surface area contributed by atoms with Gasteiger partial charge in [0.05, 0.1) is 0 Å². The molecule has 36 heavy (non-hydrogen) atoms. The largest absolute Gasteiger partial charge is 0.363 e. The summed E-state index contributed by atoms with van der Waals surface area (Å²) in [6.45, 7) is 10.9. The summed E-state index contributed by atoms with van der Waals surface area (Å²) in [4.78, 5) is 28.1. The SMILES string of the molecule is CCOC(C1CCN(c2ncc3c(-c4ccccc4)c(NC(=O)C(C)C)sc3n2)CC1)N1CCCC1.